The third kappa shape index (κ3) is 3.00. The summed E-state index contributed by atoms with van der Waals surface area (Å²) in [4.78, 5) is 26.4. The summed E-state index contributed by atoms with van der Waals surface area (Å²) in [6.07, 6.45) is 3.26. The summed E-state index contributed by atoms with van der Waals surface area (Å²) in [7, 11) is 1.94. The van der Waals surface area contributed by atoms with Gasteiger partial charge in [-0.25, -0.2) is 0 Å². The average Bonchev–Trinajstić information content (AvgIpc) is 3.41. The molecular weight excluding hydrogens is 450 g/mol. The zero-order valence-electron chi connectivity index (χ0n) is 18.6. The Hall–Kier alpha value is -3.84. The second-order valence-corrected chi connectivity index (χ2v) is 8.84. The molecule has 2 aliphatic rings. The topological polar surface area (TPSA) is 106 Å². The van der Waals surface area contributed by atoms with Crippen molar-refractivity contribution in [1.82, 2.24) is 14.5 Å². The van der Waals surface area contributed by atoms with Crippen LogP contribution in [0.1, 0.15) is 23.2 Å². The minimum Gasteiger partial charge on any atom is -0.387 e. The Bertz CT molecular complexity index is 1560. The molecule has 0 radical (unpaired) electrons. The number of halogens is 1. The van der Waals surface area contributed by atoms with Crippen LogP contribution in [-0.2, 0) is 29.6 Å². The average molecular weight is 474 g/mol. The van der Waals surface area contributed by atoms with Crippen LogP contribution in [-0.4, -0.2) is 26.8 Å². The highest BCUT2D eigenvalue weighted by molar-refractivity contribution is 6.51. The van der Waals surface area contributed by atoms with Gasteiger partial charge in [0.15, 0.2) is 0 Å². The second-order valence-electron chi connectivity index (χ2n) is 8.84. The number of nitrogens with two attached hydrogens (primary N) is 1. The highest BCUT2D eigenvalue weighted by atomic mass is 35.5. The van der Waals surface area contributed by atoms with Gasteiger partial charge >= 0.3 is 0 Å². The van der Waals surface area contributed by atoms with E-state index in [0.29, 0.717) is 24.1 Å². The van der Waals surface area contributed by atoms with Crippen LogP contribution in [0.4, 0.5) is 0 Å². The molecule has 4 aromatic rings. The fourth-order valence-corrected chi connectivity index (χ4v) is 5.48. The van der Waals surface area contributed by atoms with E-state index in [4.69, 9.17) is 11.1 Å². The summed E-state index contributed by atoms with van der Waals surface area (Å²) >= 11 is 0. The van der Waals surface area contributed by atoms with Gasteiger partial charge in [-0.05, 0) is 25.0 Å². The smallest absolute Gasteiger partial charge is 0.259 e. The van der Waals surface area contributed by atoms with E-state index in [0.717, 1.165) is 45.0 Å². The van der Waals surface area contributed by atoms with Crippen LogP contribution in [0.3, 0.4) is 0 Å². The number of para-hydroxylation sites is 2. The van der Waals surface area contributed by atoms with E-state index >= 15 is 0 Å². The van der Waals surface area contributed by atoms with Gasteiger partial charge in [0.1, 0.15) is 0 Å². The lowest BCUT2D eigenvalue weighted by Gasteiger charge is -2.25. The molecule has 1 unspecified atom stereocenters. The van der Waals surface area contributed by atoms with Gasteiger partial charge in [0.05, 0.1) is 17.0 Å². The summed E-state index contributed by atoms with van der Waals surface area (Å²) in [6, 6.07) is 15.9. The van der Waals surface area contributed by atoms with Crippen LogP contribution in [0.5, 0.6) is 0 Å². The van der Waals surface area contributed by atoms with E-state index in [1.807, 2.05) is 66.3 Å². The number of aromatic nitrogens is 2. The van der Waals surface area contributed by atoms with Crippen molar-refractivity contribution >= 4 is 63.0 Å². The summed E-state index contributed by atoms with van der Waals surface area (Å²) in [6.45, 7) is 0.715. The van der Waals surface area contributed by atoms with Crippen molar-refractivity contribution in [2.75, 3.05) is 0 Å². The number of carbonyl (C=O) groups is 2. The van der Waals surface area contributed by atoms with Crippen molar-refractivity contribution in [2.45, 2.75) is 19.4 Å². The van der Waals surface area contributed by atoms with Gasteiger partial charge in [0, 0.05) is 64.3 Å². The van der Waals surface area contributed by atoms with E-state index in [1.165, 1.54) is 0 Å². The number of amides is 2. The normalized spacial score (nSPS) is 17.7. The molecule has 0 aliphatic carbocycles. The van der Waals surface area contributed by atoms with Crippen molar-refractivity contribution in [2.24, 2.45) is 18.7 Å². The molecule has 172 valence electrons. The maximum absolute atomic E-state index is 13.3. The highest BCUT2D eigenvalue weighted by Crippen LogP contribution is 2.42. The Labute approximate surface area is 202 Å². The van der Waals surface area contributed by atoms with E-state index in [-0.39, 0.29) is 36.0 Å². The van der Waals surface area contributed by atoms with Gasteiger partial charge in [-0.15, -0.1) is 12.4 Å². The number of nitrogens with one attached hydrogen (secondary N) is 2. The largest absolute Gasteiger partial charge is 0.387 e. The number of hydrogen-bond donors (Lipinski definition) is 3. The second kappa shape index (κ2) is 7.88. The van der Waals surface area contributed by atoms with Crippen molar-refractivity contribution in [1.29, 1.82) is 5.41 Å². The van der Waals surface area contributed by atoms with Crippen LogP contribution in [0.2, 0.25) is 0 Å². The molecule has 0 bridgehead atoms. The molecule has 2 aromatic heterocycles. The maximum Gasteiger partial charge on any atom is 0.259 e. The first-order chi connectivity index (χ1) is 16.0. The Balaban J connectivity index is 0.00000241. The van der Waals surface area contributed by atoms with Crippen molar-refractivity contribution in [3.05, 3.63) is 71.5 Å². The van der Waals surface area contributed by atoms with Crippen LogP contribution >= 0.6 is 12.4 Å². The molecule has 4 heterocycles. The lowest BCUT2D eigenvalue weighted by Crippen LogP contribution is -2.30. The predicted octanol–water partition coefficient (Wildman–Crippen LogP) is 3.62. The van der Waals surface area contributed by atoms with Gasteiger partial charge in [0.2, 0.25) is 0 Å². The standard InChI is InChI=1S/C26H23N5O2.ClH/c1-30-13-17(15-6-2-4-8-18(15)30)22-23(26(33)29-25(22)32)21-16-7-3-5-9-19(16)31-11-10-14(24(27)28)12-20(21)31;/h2-9,13-14H,10-12H2,1H3,(H3,27,28)(H,29,32,33);1H. The first-order valence-corrected chi connectivity index (χ1v) is 11.0. The molecule has 0 spiro atoms. The number of amidine groups is 1. The quantitative estimate of drug-likeness (QED) is 0.240. The number of benzene rings is 2. The Morgan fingerprint density at radius 1 is 1.00 bits per heavy atom. The first kappa shape index (κ1) is 22.0. The van der Waals surface area contributed by atoms with Crippen LogP contribution in [0, 0.1) is 11.3 Å². The van der Waals surface area contributed by atoms with Crippen molar-refractivity contribution in [3.63, 3.8) is 0 Å². The van der Waals surface area contributed by atoms with E-state index in [2.05, 4.69) is 9.88 Å². The Morgan fingerprint density at radius 3 is 2.38 bits per heavy atom. The fourth-order valence-electron chi connectivity index (χ4n) is 5.48. The molecule has 4 N–H and O–H groups in total. The van der Waals surface area contributed by atoms with Gasteiger partial charge in [-0.3, -0.25) is 20.3 Å². The van der Waals surface area contributed by atoms with E-state index in [1.54, 1.807) is 0 Å². The third-order valence-corrected chi connectivity index (χ3v) is 7.01. The Morgan fingerprint density at radius 2 is 1.65 bits per heavy atom. The SMILES string of the molecule is Cl.Cn1cc(C2=C(c3c4n(c5ccccc35)CCC(C(=N)N)C4)C(=O)NC2=O)c2ccccc21. The number of nitrogens with zero attached hydrogens (tertiary/aromatic N) is 2. The van der Waals surface area contributed by atoms with Crippen molar-refractivity contribution < 1.29 is 9.59 Å². The van der Waals surface area contributed by atoms with Gasteiger partial charge < -0.3 is 14.9 Å². The number of aryl methyl sites for hydroxylation is 2. The molecule has 0 saturated carbocycles. The lowest BCUT2D eigenvalue weighted by atomic mass is 9.89. The Kier molecular flexibility index (Phi) is 5.10. The van der Waals surface area contributed by atoms with Gasteiger partial charge in [0.25, 0.3) is 11.8 Å². The molecular formula is C26H24ClN5O2. The van der Waals surface area contributed by atoms with Gasteiger partial charge in [-0.1, -0.05) is 36.4 Å². The molecule has 2 aromatic carbocycles. The first-order valence-electron chi connectivity index (χ1n) is 11.0. The van der Waals surface area contributed by atoms with Crippen LogP contribution in [0.25, 0.3) is 33.0 Å². The molecule has 7 nitrogen and oxygen atoms in total. The third-order valence-electron chi connectivity index (χ3n) is 7.01. The molecule has 6 rings (SSSR count). The van der Waals surface area contributed by atoms with E-state index in [9.17, 15) is 9.59 Å². The summed E-state index contributed by atoms with van der Waals surface area (Å²) in [5.74, 6) is -0.684. The number of hydrogen-bond acceptors (Lipinski definition) is 3. The molecule has 34 heavy (non-hydrogen) atoms. The van der Waals surface area contributed by atoms with Crippen LogP contribution < -0.4 is 11.1 Å². The molecule has 2 amide bonds. The number of imide groups is 1. The number of carbonyl (C=O) groups excluding carboxylic acids is 2. The zero-order chi connectivity index (χ0) is 22.9. The zero-order valence-corrected chi connectivity index (χ0v) is 19.4. The van der Waals surface area contributed by atoms with Crippen LogP contribution in [0.15, 0.2) is 54.7 Å². The fraction of sp³-hybridized carbons (Fsp3) is 0.192. The minimum absolute atomic E-state index is 0. The predicted molar refractivity (Wildman–Crippen MR) is 136 cm³/mol. The summed E-state index contributed by atoms with van der Waals surface area (Å²) in [5, 5.41) is 12.4. The molecule has 0 saturated heterocycles. The highest BCUT2D eigenvalue weighted by Gasteiger charge is 2.38. The summed E-state index contributed by atoms with van der Waals surface area (Å²) in [5.41, 5.74) is 11.2. The molecule has 8 heteroatoms. The molecule has 2 aliphatic heterocycles. The molecule has 0 fully saturated rings. The van der Waals surface area contributed by atoms with E-state index < -0.39 is 0 Å². The number of rotatable bonds is 3. The minimum atomic E-state index is -0.382. The summed E-state index contributed by atoms with van der Waals surface area (Å²) < 4.78 is 4.19. The monoisotopic (exact) mass is 473 g/mol. The van der Waals surface area contributed by atoms with Crippen molar-refractivity contribution in [3.8, 4) is 0 Å². The molecule has 1 atom stereocenters. The number of fused-ring (bicyclic) bond motifs is 4. The van der Waals surface area contributed by atoms with Gasteiger partial charge in [-0.2, -0.15) is 0 Å². The maximum atomic E-state index is 13.3. The lowest BCUT2D eigenvalue weighted by molar-refractivity contribution is -0.122.